The van der Waals surface area contributed by atoms with Gasteiger partial charge in [0.2, 0.25) is 11.7 Å². The van der Waals surface area contributed by atoms with Crippen molar-refractivity contribution in [2.24, 2.45) is 0 Å². The van der Waals surface area contributed by atoms with Crippen LogP contribution in [0.4, 0.5) is 10.5 Å². The Hall–Kier alpha value is -3.39. The van der Waals surface area contributed by atoms with Crippen molar-refractivity contribution in [3.8, 4) is 11.4 Å². The molecule has 1 aromatic heterocycles. The van der Waals surface area contributed by atoms with Crippen molar-refractivity contribution in [2.75, 3.05) is 18.5 Å². The second-order valence-electron chi connectivity index (χ2n) is 7.05. The average Bonchev–Trinajstić information content (AvgIpc) is 3.44. The first kappa shape index (κ1) is 20.9. The van der Waals surface area contributed by atoms with Crippen molar-refractivity contribution in [2.45, 2.75) is 25.8 Å². The van der Waals surface area contributed by atoms with Crippen LogP contribution in [0.15, 0.2) is 53.1 Å². The van der Waals surface area contributed by atoms with Gasteiger partial charge in [-0.15, -0.1) is 0 Å². The molecule has 2 aromatic carbocycles. The Morgan fingerprint density at radius 1 is 1.26 bits per heavy atom. The van der Waals surface area contributed by atoms with E-state index in [0.717, 1.165) is 18.4 Å². The summed E-state index contributed by atoms with van der Waals surface area (Å²) in [5.41, 5.74) is 1.75. The minimum absolute atomic E-state index is 0.270. The molecule has 0 bridgehead atoms. The molecule has 0 saturated carbocycles. The fourth-order valence-electron chi connectivity index (χ4n) is 3.48. The molecule has 9 heteroatoms. The van der Waals surface area contributed by atoms with Gasteiger partial charge in [0.1, 0.15) is 6.04 Å². The molecule has 3 aromatic rings. The minimum Gasteiger partial charge on any atom is -0.462 e. The molecule has 31 heavy (non-hydrogen) atoms. The number of rotatable bonds is 5. The number of ether oxygens (including phenoxy) is 1. The lowest BCUT2D eigenvalue weighted by atomic mass is 10.2. The molecule has 4 rings (SSSR count). The molecule has 0 aliphatic carbocycles. The highest BCUT2D eigenvalue weighted by Crippen LogP contribution is 2.33. The van der Waals surface area contributed by atoms with Crippen LogP contribution in [-0.4, -0.2) is 40.2 Å². The molecular weight excluding hydrogens is 420 g/mol. The quantitative estimate of drug-likeness (QED) is 0.564. The van der Waals surface area contributed by atoms with Gasteiger partial charge >= 0.3 is 12.0 Å². The van der Waals surface area contributed by atoms with Gasteiger partial charge in [0.15, 0.2) is 0 Å². The number of benzene rings is 2. The number of urea groups is 1. The summed E-state index contributed by atoms with van der Waals surface area (Å²) in [5, 5.41) is 7.48. The van der Waals surface area contributed by atoms with Crippen LogP contribution < -0.4 is 5.32 Å². The van der Waals surface area contributed by atoms with Crippen molar-refractivity contribution in [3.05, 3.63) is 65.0 Å². The third-order valence-electron chi connectivity index (χ3n) is 4.97. The second-order valence-corrected chi connectivity index (χ2v) is 7.48. The van der Waals surface area contributed by atoms with Crippen molar-refractivity contribution in [1.82, 2.24) is 15.0 Å². The lowest BCUT2D eigenvalue weighted by Crippen LogP contribution is -2.34. The Labute approximate surface area is 184 Å². The smallest absolute Gasteiger partial charge is 0.338 e. The molecule has 1 N–H and O–H groups in total. The first-order valence-electron chi connectivity index (χ1n) is 9.99. The lowest BCUT2D eigenvalue weighted by molar-refractivity contribution is 0.0526. The highest BCUT2D eigenvalue weighted by molar-refractivity contribution is 6.30. The van der Waals surface area contributed by atoms with Crippen molar-refractivity contribution < 1.29 is 18.8 Å². The number of carbonyl (C=O) groups excluding carboxylic acids is 2. The van der Waals surface area contributed by atoms with Gasteiger partial charge in [0.05, 0.1) is 12.2 Å². The van der Waals surface area contributed by atoms with Crippen LogP contribution in [0.1, 0.15) is 42.1 Å². The number of amides is 2. The number of aromatic nitrogens is 2. The van der Waals surface area contributed by atoms with E-state index in [9.17, 15) is 9.59 Å². The molecule has 0 spiro atoms. The molecule has 1 aliphatic rings. The third kappa shape index (κ3) is 4.69. The molecular formula is C22H21ClN4O4. The van der Waals surface area contributed by atoms with Gasteiger partial charge in [0.25, 0.3) is 0 Å². The Bertz CT molecular complexity index is 1080. The standard InChI is InChI=1S/C22H21ClN4O4/c1-2-30-21(28)14-8-10-17(11-9-14)24-22(29)27-12-4-7-18(27)20-25-19(26-31-20)15-5-3-6-16(23)13-15/h3,5-6,8-11,13,18H,2,4,7,12H2,1H3,(H,24,29). The van der Waals surface area contributed by atoms with E-state index in [1.165, 1.54) is 0 Å². The number of halogens is 1. The largest absolute Gasteiger partial charge is 0.462 e. The number of carbonyl (C=O) groups is 2. The zero-order chi connectivity index (χ0) is 21.8. The van der Waals surface area contributed by atoms with Crippen LogP contribution in [0.3, 0.4) is 0 Å². The predicted molar refractivity (Wildman–Crippen MR) is 115 cm³/mol. The maximum atomic E-state index is 12.9. The van der Waals surface area contributed by atoms with Crippen LogP contribution in [0.25, 0.3) is 11.4 Å². The number of esters is 1. The summed E-state index contributed by atoms with van der Waals surface area (Å²) in [6.07, 6.45) is 1.56. The summed E-state index contributed by atoms with van der Waals surface area (Å²) in [6.45, 7) is 2.63. The molecule has 2 amide bonds. The molecule has 1 saturated heterocycles. The Balaban J connectivity index is 1.45. The summed E-state index contributed by atoms with van der Waals surface area (Å²) >= 11 is 6.04. The van der Waals surface area contributed by atoms with E-state index in [1.807, 2.05) is 12.1 Å². The molecule has 0 radical (unpaired) electrons. The monoisotopic (exact) mass is 440 g/mol. The third-order valence-corrected chi connectivity index (χ3v) is 5.21. The van der Waals surface area contributed by atoms with Gasteiger partial charge in [-0.25, -0.2) is 9.59 Å². The first-order chi connectivity index (χ1) is 15.0. The summed E-state index contributed by atoms with van der Waals surface area (Å²) in [4.78, 5) is 30.8. The highest BCUT2D eigenvalue weighted by Gasteiger charge is 2.34. The lowest BCUT2D eigenvalue weighted by Gasteiger charge is -2.22. The van der Waals surface area contributed by atoms with Crippen LogP contribution in [0, 0.1) is 0 Å². The maximum Gasteiger partial charge on any atom is 0.338 e. The predicted octanol–water partition coefficient (Wildman–Crippen LogP) is 4.94. The number of hydrogen-bond acceptors (Lipinski definition) is 6. The van der Waals surface area contributed by atoms with Gasteiger partial charge in [-0.1, -0.05) is 28.9 Å². The minimum atomic E-state index is -0.396. The average molecular weight is 441 g/mol. The number of likely N-dealkylation sites (tertiary alicyclic amines) is 1. The SMILES string of the molecule is CCOC(=O)c1ccc(NC(=O)N2CCCC2c2nc(-c3cccc(Cl)c3)no2)cc1. The van der Waals surface area contributed by atoms with Gasteiger partial charge in [0, 0.05) is 22.8 Å². The van der Waals surface area contributed by atoms with Gasteiger partial charge in [-0.3, -0.25) is 0 Å². The number of nitrogens with zero attached hydrogens (tertiary/aromatic N) is 3. The summed E-state index contributed by atoms with van der Waals surface area (Å²) < 4.78 is 10.4. The number of anilines is 1. The normalized spacial score (nSPS) is 15.7. The molecule has 2 heterocycles. The zero-order valence-electron chi connectivity index (χ0n) is 16.9. The number of hydrogen-bond donors (Lipinski definition) is 1. The fourth-order valence-corrected chi connectivity index (χ4v) is 3.67. The first-order valence-corrected chi connectivity index (χ1v) is 10.4. The van der Waals surface area contributed by atoms with E-state index in [0.29, 0.717) is 41.1 Å². The highest BCUT2D eigenvalue weighted by atomic mass is 35.5. The second kappa shape index (κ2) is 9.18. The fraction of sp³-hybridized carbons (Fsp3) is 0.273. The zero-order valence-corrected chi connectivity index (χ0v) is 17.6. The Kier molecular flexibility index (Phi) is 6.18. The van der Waals surface area contributed by atoms with Crippen LogP contribution in [0.5, 0.6) is 0 Å². The van der Waals surface area contributed by atoms with Crippen molar-refractivity contribution in [3.63, 3.8) is 0 Å². The number of nitrogens with one attached hydrogen (secondary N) is 1. The van der Waals surface area contributed by atoms with E-state index in [2.05, 4.69) is 15.5 Å². The molecule has 1 atom stereocenters. The van der Waals surface area contributed by atoms with E-state index in [-0.39, 0.29) is 12.1 Å². The summed E-state index contributed by atoms with van der Waals surface area (Å²) in [5.74, 6) is 0.423. The maximum absolute atomic E-state index is 12.9. The van der Waals surface area contributed by atoms with Gasteiger partial charge < -0.3 is 19.5 Å². The topological polar surface area (TPSA) is 97.6 Å². The van der Waals surface area contributed by atoms with Crippen LogP contribution in [-0.2, 0) is 4.74 Å². The summed E-state index contributed by atoms with van der Waals surface area (Å²) in [7, 11) is 0. The van der Waals surface area contributed by atoms with E-state index in [4.69, 9.17) is 20.9 Å². The van der Waals surface area contributed by atoms with Gasteiger partial charge in [-0.2, -0.15) is 4.98 Å². The van der Waals surface area contributed by atoms with Gasteiger partial charge in [-0.05, 0) is 56.2 Å². The van der Waals surface area contributed by atoms with Crippen LogP contribution in [0.2, 0.25) is 5.02 Å². The Morgan fingerprint density at radius 3 is 2.81 bits per heavy atom. The molecule has 1 aliphatic heterocycles. The van der Waals surface area contributed by atoms with E-state index in [1.54, 1.807) is 48.2 Å². The van der Waals surface area contributed by atoms with E-state index >= 15 is 0 Å². The molecule has 1 unspecified atom stereocenters. The van der Waals surface area contributed by atoms with Crippen LogP contribution >= 0.6 is 11.6 Å². The summed E-state index contributed by atoms with van der Waals surface area (Å²) in [6, 6.07) is 13.2. The molecule has 160 valence electrons. The molecule has 1 fully saturated rings. The molecule has 8 nitrogen and oxygen atoms in total. The Morgan fingerprint density at radius 2 is 2.06 bits per heavy atom. The van der Waals surface area contributed by atoms with Crippen molar-refractivity contribution in [1.29, 1.82) is 0 Å². The van der Waals surface area contributed by atoms with E-state index < -0.39 is 5.97 Å². The van der Waals surface area contributed by atoms with Crippen molar-refractivity contribution >= 4 is 29.3 Å².